The average molecular weight is 259 g/mol. The average Bonchev–Trinajstić information content (AvgIpc) is 2.38. The first kappa shape index (κ1) is 13.6. The van der Waals surface area contributed by atoms with Crippen molar-refractivity contribution < 1.29 is 9.50 Å². The Kier molecular flexibility index (Phi) is 4.17. The van der Waals surface area contributed by atoms with E-state index in [2.05, 4.69) is 0 Å². The fraction of sp³-hybridized carbons (Fsp3) is 0.250. The second kappa shape index (κ2) is 5.85. The lowest BCUT2D eigenvalue weighted by Gasteiger charge is -2.23. The Bertz CT molecular complexity index is 554. The highest BCUT2D eigenvalue weighted by Gasteiger charge is 2.11. The zero-order valence-corrected chi connectivity index (χ0v) is 11.2. The minimum atomic E-state index is -0.522. The van der Waals surface area contributed by atoms with Crippen molar-refractivity contribution in [2.75, 3.05) is 11.9 Å². The van der Waals surface area contributed by atoms with E-state index < -0.39 is 6.10 Å². The molecule has 3 heteroatoms. The molecule has 100 valence electrons. The molecular formula is C16H18FNO. The lowest BCUT2D eigenvalue weighted by molar-refractivity contribution is 0.199. The van der Waals surface area contributed by atoms with Crippen molar-refractivity contribution in [2.45, 2.75) is 19.6 Å². The number of nitrogens with zero attached hydrogens (tertiary/aromatic N) is 1. The molecule has 0 bridgehead atoms. The number of aliphatic hydroxyl groups is 1. The molecule has 0 saturated carbocycles. The minimum Gasteiger partial charge on any atom is -0.389 e. The number of hydrogen-bond acceptors (Lipinski definition) is 2. The number of hydrogen-bond donors (Lipinski definition) is 1. The van der Waals surface area contributed by atoms with Gasteiger partial charge < -0.3 is 10.0 Å². The molecule has 0 aliphatic carbocycles. The second-order valence-corrected chi connectivity index (χ2v) is 4.72. The molecular weight excluding hydrogens is 241 g/mol. The van der Waals surface area contributed by atoms with Crippen LogP contribution in [0.5, 0.6) is 0 Å². The van der Waals surface area contributed by atoms with Gasteiger partial charge in [-0.1, -0.05) is 30.3 Å². The summed E-state index contributed by atoms with van der Waals surface area (Å²) in [6, 6.07) is 14.3. The van der Waals surface area contributed by atoms with Gasteiger partial charge in [-0.25, -0.2) is 4.39 Å². The SMILES string of the molecule is C[C@H](O)c1ccccc1N(C)Cc1cccc(F)c1. The molecule has 0 aromatic heterocycles. The third-order valence-corrected chi connectivity index (χ3v) is 3.11. The number of benzene rings is 2. The number of anilines is 1. The van der Waals surface area contributed by atoms with Gasteiger partial charge in [-0.2, -0.15) is 0 Å². The molecule has 0 aliphatic heterocycles. The van der Waals surface area contributed by atoms with Crippen LogP contribution in [0, 0.1) is 5.82 Å². The van der Waals surface area contributed by atoms with Gasteiger partial charge >= 0.3 is 0 Å². The predicted octanol–water partition coefficient (Wildman–Crippen LogP) is 3.52. The van der Waals surface area contributed by atoms with Crippen LogP contribution in [-0.4, -0.2) is 12.2 Å². The Labute approximate surface area is 113 Å². The second-order valence-electron chi connectivity index (χ2n) is 4.72. The summed E-state index contributed by atoms with van der Waals surface area (Å²) in [5.41, 5.74) is 2.74. The van der Waals surface area contributed by atoms with Crippen LogP contribution in [0.3, 0.4) is 0 Å². The molecule has 0 saturated heterocycles. The van der Waals surface area contributed by atoms with E-state index in [0.717, 1.165) is 16.8 Å². The molecule has 19 heavy (non-hydrogen) atoms. The number of para-hydroxylation sites is 1. The highest BCUT2D eigenvalue weighted by molar-refractivity contribution is 5.54. The summed E-state index contributed by atoms with van der Waals surface area (Å²) < 4.78 is 13.2. The zero-order valence-electron chi connectivity index (χ0n) is 11.2. The number of aliphatic hydroxyl groups excluding tert-OH is 1. The van der Waals surface area contributed by atoms with Gasteiger partial charge in [-0.3, -0.25) is 0 Å². The Balaban J connectivity index is 2.23. The molecule has 2 aromatic carbocycles. The molecule has 0 fully saturated rings. The van der Waals surface area contributed by atoms with Crippen LogP contribution in [0.1, 0.15) is 24.2 Å². The van der Waals surface area contributed by atoms with E-state index in [1.54, 1.807) is 13.0 Å². The monoisotopic (exact) mass is 259 g/mol. The van der Waals surface area contributed by atoms with E-state index in [1.165, 1.54) is 12.1 Å². The Hall–Kier alpha value is -1.87. The van der Waals surface area contributed by atoms with Gasteiger partial charge in [0, 0.05) is 24.8 Å². The van der Waals surface area contributed by atoms with Crippen molar-refractivity contribution in [3.8, 4) is 0 Å². The molecule has 0 aliphatic rings. The van der Waals surface area contributed by atoms with Gasteiger partial charge in [0.25, 0.3) is 0 Å². The normalized spacial score (nSPS) is 12.2. The van der Waals surface area contributed by atoms with Crippen LogP contribution in [0.2, 0.25) is 0 Å². The standard InChI is InChI=1S/C16H18FNO/c1-12(19)15-8-3-4-9-16(15)18(2)11-13-6-5-7-14(17)10-13/h3-10,12,19H,11H2,1-2H3/t12-/m0/s1. The molecule has 0 unspecified atom stereocenters. The van der Waals surface area contributed by atoms with E-state index in [-0.39, 0.29) is 5.82 Å². The Morgan fingerprint density at radius 3 is 2.58 bits per heavy atom. The highest BCUT2D eigenvalue weighted by atomic mass is 19.1. The molecule has 2 rings (SSSR count). The Morgan fingerprint density at radius 2 is 1.89 bits per heavy atom. The number of rotatable bonds is 4. The quantitative estimate of drug-likeness (QED) is 0.908. The van der Waals surface area contributed by atoms with E-state index >= 15 is 0 Å². The third-order valence-electron chi connectivity index (χ3n) is 3.11. The van der Waals surface area contributed by atoms with Gasteiger partial charge in [0.2, 0.25) is 0 Å². The third kappa shape index (κ3) is 3.32. The summed E-state index contributed by atoms with van der Waals surface area (Å²) in [5, 5.41) is 9.78. The largest absolute Gasteiger partial charge is 0.389 e. The maximum Gasteiger partial charge on any atom is 0.123 e. The summed E-state index contributed by atoms with van der Waals surface area (Å²) in [6.07, 6.45) is -0.522. The molecule has 0 spiro atoms. The molecule has 2 nitrogen and oxygen atoms in total. The Morgan fingerprint density at radius 1 is 1.16 bits per heavy atom. The van der Waals surface area contributed by atoms with E-state index in [4.69, 9.17) is 0 Å². The lowest BCUT2D eigenvalue weighted by Crippen LogP contribution is -2.18. The smallest absolute Gasteiger partial charge is 0.123 e. The van der Waals surface area contributed by atoms with Crippen molar-refractivity contribution in [1.82, 2.24) is 0 Å². The zero-order chi connectivity index (χ0) is 13.8. The van der Waals surface area contributed by atoms with Crippen molar-refractivity contribution >= 4 is 5.69 Å². The molecule has 1 N–H and O–H groups in total. The fourth-order valence-electron chi connectivity index (χ4n) is 2.18. The summed E-state index contributed by atoms with van der Waals surface area (Å²) in [4.78, 5) is 2.01. The fourth-order valence-corrected chi connectivity index (χ4v) is 2.18. The summed E-state index contributed by atoms with van der Waals surface area (Å²) in [6.45, 7) is 2.34. The maximum atomic E-state index is 13.2. The first-order valence-corrected chi connectivity index (χ1v) is 6.30. The van der Waals surface area contributed by atoms with E-state index in [0.29, 0.717) is 6.54 Å². The van der Waals surface area contributed by atoms with E-state index in [1.807, 2.05) is 42.3 Å². The van der Waals surface area contributed by atoms with Crippen molar-refractivity contribution in [2.24, 2.45) is 0 Å². The van der Waals surface area contributed by atoms with Gasteiger partial charge in [0.05, 0.1) is 6.10 Å². The van der Waals surface area contributed by atoms with Gasteiger partial charge in [-0.15, -0.1) is 0 Å². The topological polar surface area (TPSA) is 23.5 Å². The van der Waals surface area contributed by atoms with Crippen molar-refractivity contribution in [3.05, 3.63) is 65.5 Å². The van der Waals surface area contributed by atoms with Crippen LogP contribution in [0.4, 0.5) is 10.1 Å². The lowest BCUT2D eigenvalue weighted by atomic mass is 10.1. The van der Waals surface area contributed by atoms with Gasteiger partial charge in [-0.05, 0) is 30.7 Å². The van der Waals surface area contributed by atoms with Gasteiger partial charge in [0.1, 0.15) is 5.82 Å². The highest BCUT2D eigenvalue weighted by Crippen LogP contribution is 2.26. The van der Waals surface area contributed by atoms with Crippen molar-refractivity contribution in [1.29, 1.82) is 0 Å². The van der Waals surface area contributed by atoms with Crippen molar-refractivity contribution in [3.63, 3.8) is 0 Å². The minimum absolute atomic E-state index is 0.227. The molecule has 2 aromatic rings. The van der Waals surface area contributed by atoms with Crippen LogP contribution in [0.15, 0.2) is 48.5 Å². The molecule has 0 amide bonds. The molecule has 0 radical (unpaired) electrons. The first-order valence-electron chi connectivity index (χ1n) is 6.30. The van der Waals surface area contributed by atoms with Crippen LogP contribution < -0.4 is 4.90 Å². The predicted molar refractivity (Wildman–Crippen MR) is 75.6 cm³/mol. The maximum absolute atomic E-state index is 13.2. The molecule has 0 heterocycles. The van der Waals surface area contributed by atoms with E-state index in [9.17, 15) is 9.50 Å². The summed E-state index contributed by atoms with van der Waals surface area (Å²) in [7, 11) is 1.94. The summed E-state index contributed by atoms with van der Waals surface area (Å²) >= 11 is 0. The molecule has 1 atom stereocenters. The first-order chi connectivity index (χ1) is 9.08. The van der Waals surface area contributed by atoms with Crippen LogP contribution in [-0.2, 0) is 6.54 Å². The number of halogens is 1. The van der Waals surface area contributed by atoms with Gasteiger partial charge in [0.15, 0.2) is 0 Å². The summed E-state index contributed by atoms with van der Waals surface area (Å²) in [5.74, 6) is -0.227. The van der Waals surface area contributed by atoms with Crippen LogP contribution in [0.25, 0.3) is 0 Å². The van der Waals surface area contributed by atoms with Crippen LogP contribution >= 0.6 is 0 Å².